The fourth-order valence-corrected chi connectivity index (χ4v) is 4.66. The predicted molar refractivity (Wildman–Crippen MR) is 113 cm³/mol. The van der Waals surface area contributed by atoms with Crippen LogP contribution in [0.4, 0.5) is 4.79 Å². The van der Waals surface area contributed by atoms with E-state index in [9.17, 15) is 24.0 Å². The second-order valence-electron chi connectivity index (χ2n) is 8.79. The van der Waals surface area contributed by atoms with E-state index in [1.165, 1.54) is 18.3 Å². The van der Waals surface area contributed by atoms with E-state index in [1.807, 2.05) is 0 Å². The molecule has 11 heteroatoms. The number of nitrogens with zero attached hydrogens (tertiary/aromatic N) is 2. The van der Waals surface area contributed by atoms with Crippen molar-refractivity contribution in [1.82, 2.24) is 30.8 Å². The molecule has 1 spiro atoms. The summed E-state index contributed by atoms with van der Waals surface area (Å²) in [5.74, 6) is -0.694. The monoisotopic (exact) mass is 442 g/mol. The summed E-state index contributed by atoms with van der Waals surface area (Å²) in [6.45, 7) is 2.46. The van der Waals surface area contributed by atoms with Crippen molar-refractivity contribution in [2.24, 2.45) is 5.41 Å². The zero-order valence-corrected chi connectivity index (χ0v) is 17.8. The van der Waals surface area contributed by atoms with Gasteiger partial charge in [0.2, 0.25) is 17.7 Å². The minimum absolute atomic E-state index is 0.0443. The molecule has 2 saturated heterocycles. The van der Waals surface area contributed by atoms with E-state index in [0.29, 0.717) is 12.4 Å². The number of carbonyl (C=O) groups excluding carboxylic acids is 4. The molecule has 2 atom stereocenters. The Bertz CT molecular complexity index is 1030. The quantitative estimate of drug-likeness (QED) is 0.454. The molecule has 0 aromatic carbocycles. The SMILES string of the molecule is Cc1ncc(/C=C/C(=O)NCC2CC3(CCC3)CN2C(=O)[C@@H]2CC(=O)NC(=O)N2)c(=O)[nH]1. The van der Waals surface area contributed by atoms with Gasteiger partial charge in [0.15, 0.2) is 0 Å². The van der Waals surface area contributed by atoms with Gasteiger partial charge in [0, 0.05) is 31.4 Å². The van der Waals surface area contributed by atoms with Crippen molar-refractivity contribution in [2.75, 3.05) is 13.1 Å². The number of aromatic amines is 1. The van der Waals surface area contributed by atoms with Crippen molar-refractivity contribution in [3.63, 3.8) is 0 Å². The van der Waals surface area contributed by atoms with E-state index in [0.717, 1.165) is 25.7 Å². The maximum absolute atomic E-state index is 13.1. The number of H-pyrrole nitrogens is 1. The average molecular weight is 442 g/mol. The van der Waals surface area contributed by atoms with Crippen LogP contribution in [0.2, 0.25) is 0 Å². The Morgan fingerprint density at radius 1 is 1.31 bits per heavy atom. The normalized spacial score (nSPS) is 24.2. The molecule has 3 heterocycles. The van der Waals surface area contributed by atoms with Gasteiger partial charge in [-0.15, -0.1) is 0 Å². The number of urea groups is 1. The highest BCUT2D eigenvalue weighted by molar-refractivity contribution is 6.02. The van der Waals surface area contributed by atoms with E-state index in [-0.39, 0.29) is 41.5 Å². The molecule has 4 N–H and O–H groups in total. The van der Waals surface area contributed by atoms with Gasteiger partial charge in [-0.3, -0.25) is 24.5 Å². The summed E-state index contributed by atoms with van der Waals surface area (Å²) in [5.41, 5.74) is -0.0225. The number of amides is 5. The van der Waals surface area contributed by atoms with E-state index < -0.39 is 23.9 Å². The summed E-state index contributed by atoms with van der Waals surface area (Å²) in [4.78, 5) is 68.9. The van der Waals surface area contributed by atoms with Gasteiger partial charge in [-0.05, 0) is 37.7 Å². The number of hydrogen-bond donors (Lipinski definition) is 4. The summed E-state index contributed by atoms with van der Waals surface area (Å²) >= 11 is 0. The molecule has 0 bridgehead atoms. The van der Waals surface area contributed by atoms with Crippen molar-refractivity contribution < 1.29 is 19.2 Å². The van der Waals surface area contributed by atoms with Crippen molar-refractivity contribution in [3.8, 4) is 0 Å². The Balaban J connectivity index is 1.40. The second kappa shape index (κ2) is 8.56. The Morgan fingerprint density at radius 3 is 2.75 bits per heavy atom. The molecule has 1 aromatic rings. The Morgan fingerprint density at radius 2 is 2.09 bits per heavy atom. The molecule has 1 unspecified atom stereocenters. The van der Waals surface area contributed by atoms with Crippen LogP contribution in [0.1, 0.15) is 43.5 Å². The van der Waals surface area contributed by atoms with E-state index >= 15 is 0 Å². The Labute approximate surface area is 184 Å². The Kier molecular flexibility index (Phi) is 5.81. The molecule has 3 aliphatic rings. The third kappa shape index (κ3) is 4.56. The Hall–Kier alpha value is -3.50. The summed E-state index contributed by atoms with van der Waals surface area (Å²) in [5, 5.41) is 7.44. The van der Waals surface area contributed by atoms with Crippen molar-refractivity contribution in [1.29, 1.82) is 0 Å². The molecule has 1 aromatic heterocycles. The molecule has 0 radical (unpaired) electrons. The molecule has 170 valence electrons. The smallest absolute Gasteiger partial charge is 0.322 e. The first-order valence-corrected chi connectivity index (χ1v) is 10.7. The topological polar surface area (TPSA) is 153 Å². The van der Waals surface area contributed by atoms with Gasteiger partial charge in [0.25, 0.3) is 5.56 Å². The van der Waals surface area contributed by atoms with Crippen molar-refractivity contribution >= 4 is 29.8 Å². The number of nitrogens with one attached hydrogen (secondary N) is 4. The van der Waals surface area contributed by atoms with Gasteiger partial charge >= 0.3 is 6.03 Å². The maximum atomic E-state index is 13.1. The molecular formula is C21H26N6O5. The van der Waals surface area contributed by atoms with Crippen LogP contribution in [0.3, 0.4) is 0 Å². The third-order valence-electron chi connectivity index (χ3n) is 6.44. The van der Waals surface area contributed by atoms with Gasteiger partial charge in [0.05, 0.1) is 12.0 Å². The minimum Gasteiger partial charge on any atom is -0.350 e. The predicted octanol–water partition coefficient (Wildman–Crippen LogP) is -0.423. The van der Waals surface area contributed by atoms with Crippen LogP contribution in [-0.2, 0) is 14.4 Å². The minimum atomic E-state index is -0.898. The summed E-state index contributed by atoms with van der Waals surface area (Å²) in [6.07, 6.45) is 7.83. The molecule has 32 heavy (non-hydrogen) atoms. The summed E-state index contributed by atoms with van der Waals surface area (Å²) in [7, 11) is 0. The molecule has 2 aliphatic heterocycles. The lowest BCUT2D eigenvalue weighted by Gasteiger charge is -2.38. The highest BCUT2D eigenvalue weighted by Gasteiger charge is 2.50. The standard InChI is InChI=1S/C21H26N6O5/c1-12-22-9-13(18(30)24-12)3-4-16(28)23-10-14-8-21(5-2-6-21)11-27(14)19(31)15-7-17(29)26-20(32)25-15/h3-4,9,14-15H,2,5-8,10-11H2,1H3,(H,23,28)(H,22,24,30)(H2,25,26,29,32)/b4-3+/t14?,15-/m0/s1. The summed E-state index contributed by atoms with van der Waals surface area (Å²) < 4.78 is 0. The van der Waals surface area contributed by atoms with Crippen LogP contribution >= 0.6 is 0 Å². The molecule has 1 aliphatic carbocycles. The zero-order chi connectivity index (χ0) is 22.9. The van der Waals surface area contributed by atoms with Crippen LogP contribution in [0.15, 0.2) is 17.1 Å². The number of rotatable bonds is 5. The molecule has 5 amide bonds. The highest BCUT2D eigenvalue weighted by atomic mass is 16.2. The van der Waals surface area contributed by atoms with Gasteiger partial charge in [-0.25, -0.2) is 9.78 Å². The van der Waals surface area contributed by atoms with Gasteiger partial charge in [-0.2, -0.15) is 0 Å². The number of imide groups is 1. The fraction of sp³-hybridized carbons (Fsp3) is 0.524. The number of aryl methyl sites for hydroxylation is 1. The van der Waals surface area contributed by atoms with E-state index in [4.69, 9.17) is 0 Å². The first-order valence-electron chi connectivity index (χ1n) is 10.7. The largest absolute Gasteiger partial charge is 0.350 e. The lowest BCUT2D eigenvalue weighted by molar-refractivity contribution is -0.137. The van der Waals surface area contributed by atoms with E-state index in [2.05, 4.69) is 25.9 Å². The molecule has 4 rings (SSSR count). The molecule has 11 nitrogen and oxygen atoms in total. The number of hydrogen-bond acceptors (Lipinski definition) is 6. The lowest BCUT2D eigenvalue weighted by atomic mass is 9.67. The van der Waals surface area contributed by atoms with Gasteiger partial charge < -0.3 is 20.5 Å². The average Bonchev–Trinajstić information content (AvgIpc) is 3.11. The highest BCUT2D eigenvalue weighted by Crippen LogP contribution is 2.50. The second-order valence-corrected chi connectivity index (χ2v) is 8.79. The number of carbonyl (C=O) groups is 4. The van der Waals surface area contributed by atoms with Crippen LogP contribution < -0.4 is 21.5 Å². The van der Waals surface area contributed by atoms with Crippen LogP contribution in [-0.4, -0.2) is 63.8 Å². The zero-order valence-electron chi connectivity index (χ0n) is 17.8. The molecular weight excluding hydrogens is 416 g/mol. The molecule has 1 saturated carbocycles. The third-order valence-corrected chi connectivity index (χ3v) is 6.44. The van der Waals surface area contributed by atoms with Crippen LogP contribution in [0.25, 0.3) is 6.08 Å². The summed E-state index contributed by atoms with van der Waals surface area (Å²) in [6, 6.07) is -1.80. The number of likely N-dealkylation sites (tertiary alicyclic amines) is 1. The van der Waals surface area contributed by atoms with E-state index in [1.54, 1.807) is 11.8 Å². The molecule has 3 fully saturated rings. The van der Waals surface area contributed by atoms with Crippen molar-refractivity contribution in [2.45, 2.75) is 51.1 Å². The van der Waals surface area contributed by atoms with Crippen LogP contribution in [0.5, 0.6) is 0 Å². The van der Waals surface area contributed by atoms with Crippen LogP contribution in [0, 0.1) is 12.3 Å². The van der Waals surface area contributed by atoms with Crippen molar-refractivity contribution in [3.05, 3.63) is 34.0 Å². The maximum Gasteiger partial charge on any atom is 0.322 e. The fourth-order valence-electron chi connectivity index (χ4n) is 4.66. The first kappa shape index (κ1) is 21.7. The van der Waals surface area contributed by atoms with Gasteiger partial charge in [0.1, 0.15) is 11.9 Å². The lowest BCUT2D eigenvalue weighted by Crippen LogP contribution is -2.59. The van der Waals surface area contributed by atoms with Gasteiger partial charge in [-0.1, -0.05) is 6.42 Å². The number of aromatic nitrogens is 2. The first-order chi connectivity index (χ1) is 15.2.